The minimum atomic E-state index is -0.0370. The molecule has 0 spiro atoms. The number of hydrogen-bond donors (Lipinski definition) is 2. The van der Waals surface area contributed by atoms with Crippen LogP contribution in [0, 0.1) is 0 Å². The molecule has 7 nitrogen and oxygen atoms in total. The van der Waals surface area contributed by atoms with Crippen LogP contribution in [0.1, 0.15) is 38.1 Å². The lowest BCUT2D eigenvalue weighted by Crippen LogP contribution is -2.36. The zero-order valence-corrected chi connectivity index (χ0v) is 16.6. The highest BCUT2D eigenvalue weighted by Crippen LogP contribution is 2.22. The summed E-state index contributed by atoms with van der Waals surface area (Å²) in [6, 6.07) is 1.96. The maximum atomic E-state index is 5.74. The number of nitrogens with zero attached hydrogens (tertiary/aromatic N) is 4. The number of aromatic nitrogens is 3. The first-order valence-electron chi connectivity index (χ1n) is 7.26. The molecule has 2 N–H and O–H groups in total. The van der Waals surface area contributed by atoms with Gasteiger partial charge in [0.1, 0.15) is 5.76 Å². The Balaban J connectivity index is 0.00000264. The van der Waals surface area contributed by atoms with E-state index >= 15 is 0 Å². The second-order valence-electron chi connectivity index (χ2n) is 6.09. The fourth-order valence-corrected chi connectivity index (χ4v) is 1.87. The average molecular weight is 432 g/mol. The van der Waals surface area contributed by atoms with E-state index in [-0.39, 0.29) is 29.4 Å². The Hall–Kier alpha value is -1.58. The number of oxazole rings is 1. The van der Waals surface area contributed by atoms with Crippen molar-refractivity contribution in [1.29, 1.82) is 0 Å². The second-order valence-corrected chi connectivity index (χ2v) is 6.09. The van der Waals surface area contributed by atoms with Crippen LogP contribution < -0.4 is 10.6 Å². The smallest absolute Gasteiger partial charge is 0.213 e. The zero-order chi connectivity index (χ0) is 16.2. The van der Waals surface area contributed by atoms with E-state index in [1.807, 2.05) is 17.8 Å². The van der Waals surface area contributed by atoms with Gasteiger partial charge in [0.15, 0.2) is 5.96 Å². The van der Waals surface area contributed by atoms with Crippen molar-refractivity contribution in [2.24, 2.45) is 12.0 Å². The van der Waals surface area contributed by atoms with E-state index in [2.05, 4.69) is 46.5 Å². The van der Waals surface area contributed by atoms with E-state index in [0.29, 0.717) is 24.9 Å². The van der Waals surface area contributed by atoms with Gasteiger partial charge in [-0.25, -0.2) is 4.98 Å². The Bertz CT molecular complexity index is 640. The van der Waals surface area contributed by atoms with Crippen LogP contribution in [0.25, 0.3) is 0 Å². The Kier molecular flexibility index (Phi) is 7.04. The molecule has 23 heavy (non-hydrogen) atoms. The van der Waals surface area contributed by atoms with Crippen LogP contribution >= 0.6 is 24.0 Å². The number of aliphatic imine (C=N–C) groups is 1. The highest BCUT2D eigenvalue weighted by molar-refractivity contribution is 14.0. The van der Waals surface area contributed by atoms with Gasteiger partial charge in [-0.05, 0) is 6.07 Å². The summed E-state index contributed by atoms with van der Waals surface area (Å²) in [7, 11) is 3.64. The van der Waals surface area contributed by atoms with Crippen molar-refractivity contribution in [3.05, 3.63) is 35.8 Å². The van der Waals surface area contributed by atoms with Gasteiger partial charge in [-0.15, -0.1) is 24.0 Å². The molecule has 0 aliphatic carbocycles. The molecule has 2 aromatic heterocycles. The molecule has 0 bridgehead atoms. The maximum Gasteiger partial charge on any atom is 0.213 e. The van der Waals surface area contributed by atoms with Crippen molar-refractivity contribution in [2.45, 2.75) is 39.3 Å². The lowest BCUT2D eigenvalue weighted by Gasteiger charge is -2.13. The molecule has 0 radical (unpaired) electrons. The van der Waals surface area contributed by atoms with E-state index in [1.165, 1.54) is 0 Å². The van der Waals surface area contributed by atoms with Crippen molar-refractivity contribution >= 4 is 29.9 Å². The highest BCUT2D eigenvalue weighted by atomic mass is 127. The fourth-order valence-electron chi connectivity index (χ4n) is 1.87. The van der Waals surface area contributed by atoms with E-state index in [4.69, 9.17) is 4.42 Å². The van der Waals surface area contributed by atoms with Crippen molar-refractivity contribution in [1.82, 2.24) is 25.4 Å². The number of guanidine groups is 1. The van der Waals surface area contributed by atoms with E-state index < -0.39 is 0 Å². The molecule has 2 rings (SSSR count). The average Bonchev–Trinajstić information content (AvgIpc) is 3.08. The molecule has 0 aliphatic rings. The van der Waals surface area contributed by atoms with Gasteiger partial charge in [0.2, 0.25) is 5.89 Å². The molecule has 0 atom stereocenters. The number of rotatable bonds is 4. The van der Waals surface area contributed by atoms with Gasteiger partial charge in [0.25, 0.3) is 0 Å². The highest BCUT2D eigenvalue weighted by Gasteiger charge is 2.19. The lowest BCUT2D eigenvalue weighted by atomic mass is 9.94. The van der Waals surface area contributed by atoms with Crippen molar-refractivity contribution in [3.63, 3.8) is 0 Å². The summed E-state index contributed by atoms with van der Waals surface area (Å²) in [5.74, 6) is 2.22. The molecule has 8 heteroatoms. The molecular formula is C15H25IN6O. The second kappa shape index (κ2) is 8.32. The lowest BCUT2D eigenvalue weighted by molar-refractivity contribution is 0.379. The molecule has 0 amide bonds. The van der Waals surface area contributed by atoms with Crippen LogP contribution in [-0.2, 0) is 25.6 Å². The number of halogens is 1. The number of nitrogens with one attached hydrogen (secondary N) is 2. The van der Waals surface area contributed by atoms with Crippen LogP contribution in [-0.4, -0.2) is 27.8 Å². The standard InChI is InChI=1S/C15H24N6O.HI/c1-15(2,3)12-9-17-13(22-12)10-19-14(16-4)18-8-11-6-7-20-21(11)5;/h6-7,9H,8,10H2,1-5H3,(H2,16,18,19);1H. The summed E-state index contributed by atoms with van der Waals surface area (Å²) < 4.78 is 7.57. The van der Waals surface area contributed by atoms with Gasteiger partial charge in [-0.1, -0.05) is 20.8 Å². The topological polar surface area (TPSA) is 80.3 Å². The van der Waals surface area contributed by atoms with Crippen molar-refractivity contribution in [2.75, 3.05) is 7.05 Å². The molecule has 0 unspecified atom stereocenters. The third kappa shape index (κ3) is 5.52. The minimum absolute atomic E-state index is 0. The summed E-state index contributed by atoms with van der Waals surface area (Å²) in [5, 5.41) is 10.5. The summed E-state index contributed by atoms with van der Waals surface area (Å²) in [5.41, 5.74) is 1.04. The van der Waals surface area contributed by atoms with E-state index in [1.54, 1.807) is 19.4 Å². The summed E-state index contributed by atoms with van der Waals surface area (Å²) in [6.07, 6.45) is 3.55. The summed E-state index contributed by atoms with van der Waals surface area (Å²) in [4.78, 5) is 8.47. The number of aryl methyl sites for hydroxylation is 1. The van der Waals surface area contributed by atoms with Crippen molar-refractivity contribution < 1.29 is 4.42 Å². The molecule has 0 fully saturated rings. The molecular weight excluding hydrogens is 407 g/mol. The van der Waals surface area contributed by atoms with Gasteiger partial charge in [0, 0.05) is 25.7 Å². The Morgan fingerprint density at radius 3 is 2.52 bits per heavy atom. The van der Waals surface area contributed by atoms with Crippen LogP contribution in [0.15, 0.2) is 27.9 Å². The van der Waals surface area contributed by atoms with Gasteiger partial charge in [-0.2, -0.15) is 5.10 Å². The Morgan fingerprint density at radius 1 is 1.30 bits per heavy atom. The van der Waals surface area contributed by atoms with E-state index in [0.717, 1.165) is 11.5 Å². The first-order valence-corrected chi connectivity index (χ1v) is 7.26. The van der Waals surface area contributed by atoms with Gasteiger partial charge in [-0.3, -0.25) is 9.67 Å². The first-order chi connectivity index (χ1) is 10.4. The molecule has 0 aromatic carbocycles. The predicted molar refractivity (Wildman–Crippen MR) is 101 cm³/mol. The zero-order valence-electron chi connectivity index (χ0n) is 14.3. The van der Waals surface area contributed by atoms with Gasteiger partial charge < -0.3 is 15.1 Å². The molecule has 0 saturated heterocycles. The molecule has 2 aromatic rings. The van der Waals surface area contributed by atoms with Crippen LogP contribution in [0.5, 0.6) is 0 Å². The van der Waals surface area contributed by atoms with Gasteiger partial charge in [0.05, 0.1) is 25.0 Å². The monoisotopic (exact) mass is 432 g/mol. The normalized spacial score (nSPS) is 12.0. The quantitative estimate of drug-likeness (QED) is 0.440. The first kappa shape index (κ1) is 19.5. The summed E-state index contributed by atoms with van der Waals surface area (Å²) >= 11 is 0. The Morgan fingerprint density at radius 2 is 2.00 bits per heavy atom. The van der Waals surface area contributed by atoms with Crippen LogP contribution in [0.4, 0.5) is 0 Å². The van der Waals surface area contributed by atoms with Crippen LogP contribution in [0.3, 0.4) is 0 Å². The van der Waals surface area contributed by atoms with Gasteiger partial charge >= 0.3 is 0 Å². The largest absolute Gasteiger partial charge is 0.443 e. The molecule has 0 aliphatic heterocycles. The molecule has 2 heterocycles. The van der Waals surface area contributed by atoms with Crippen LogP contribution in [0.2, 0.25) is 0 Å². The SMILES string of the molecule is CN=C(NCc1ncc(C(C)(C)C)o1)NCc1ccnn1C.I. The third-order valence-corrected chi connectivity index (χ3v) is 3.28. The molecule has 0 saturated carbocycles. The summed E-state index contributed by atoms with van der Waals surface area (Å²) in [6.45, 7) is 7.42. The Labute approximate surface area is 154 Å². The fraction of sp³-hybridized carbons (Fsp3) is 0.533. The number of hydrogen-bond acceptors (Lipinski definition) is 4. The van der Waals surface area contributed by atoms with E-state index in [9.17, 15) is 0 Å². The predicted octanol–water partition coefficient (Wildman–Crippen LogP) is 2.19. The minimum Gasteiger partial charge on any atom is -0.443 e. The molecule has 128 valence electrons. The van der Waals surface area contributed by atoms with Crippen molar-refractivity contribution in [3.8, 4) is 0 Å². The third-order valence-electron chi connectivity index (χ3n) is 3.28. The maximum absolute atomic E-state index is 5.74.